The van der Waals surface area contributed by atoms with E-state index < -0.39 is 0 Å². The molecule has 2 N–H and O–H groups in total. The Hall–Kier alpha value is -1.32. The standard InChI is InChI=1S/C17H22N2S/c1-17(2,3)14-6-8-15(9-7-14)20-12-13-5-4-10-19-16(13)11-18/h4-10H,11-12,18H2,1-3H3. The van der Waals surface area contributed by atoms with Crippen molar-refractivity contribution in [3.8, 4) is 0 Å². The molecule has 0 bridgehead atoms. The molecule has 0 saturated carbocycles. The quantitative estimate of drug-likeness (QED) is 0.859. The third-order valence-corrected chi connectivity index (χ3v) is 4.35. The number of rotatable bonds is 4. The highest BCUT2D eigenvalue weighted by atomic mass is 32.2. The lowest BCUT2D eigenvalue weighted by Crippen LogP contribution is -2.10. The molecule has 0 aliphatic rings. The zero-order valence-electron chi connectivity index (χ0n) is 12.4. The predicted molar refractivity (Wildman–Crippen MR) is 86.8 cm³/mol. The molecule has 2 nitrogen and oxygen atoms in total. The first kappa shape index (κ1) is 15.1. The first-order valence-corrected chi connectivity index (χ1v) is 7.85. The van der Waals surface area contributed by atoms with E-state index in [0.717, 1.165) is 11.4 Å². The van der Waals surface area contributed by atoms with Gasteiger partial charge in [-0.1, -0.05) is 39.0 Å². The zero-order valence-corrected chi connectivity index (χ0v) is 13.2. The maximum Gasteiger partial charge on any atom is 0.0579 e. The van der Waals surface area contributed by atoms with Crippen molar-refractivity contribution in [3.05, 3.63) is 59.4 Å². The molecule has 106 valence electrons. The summed E-state index contributed by atoms with van der Waals surface area (Å²) >= 11 is 1.83. The summed E-state index contributed by atoms with van der Waals surface area (Å²) in [6, 6.07) is 12.9. The summed E-state index contributed by atoms with van der Waals surface area (Å²) < 4.78 is 0. The highest BCUT2D eigenvalue weighted by molar-refractivity contribution is 7.98. The van der Waals surface area contributed by atoms with Gasteiger partial charge in [0.25, 0.3) is 0 Å². The van der Waals surface area contributed by atoms with E-state index in [1.807, 2.05) is 17.8 Å². The van der Waals surface area contributed by atoms with Gasteiger partial charge in [0.2, 0.25) is 0 Å². The van der Waals surface area contributed by atoms with Crippen molar-refractivity contribution < 1.29 is 0 Å². The zero-order chi connectivity index (χ0) is 14.6. The number of nitrogens with two attached hydrogens (primary N) is 1. The Morgan fingerprint density at radius 3 is 2.40 bits per heavy atom. The fourth-order valence-electron chi connectivity index (χ4n) is 2.00. The van der Waals surface area contributed by atoms with Crippen LogP contribution in [-0.4, -0.2) is 4.98 Å². The molecule has 2 aromatic rings. The Bertz CT molecular complexity index is 556. The van der Waals surface area contributed by atoms with Crippen LogP contribution in [0.1, 0.15) is 37.6 Å². The molecule has 0 amide bonds. The molecule has 0 aliphatic heterocycles. The third kappa shape index (κ3) is 3.84. The van der Waals surface area contributed by atoms with Crippen LogP contribution in [0.5, 0.6) is 0 Å². The fourth-order valence-corrected chi connectivity index (χ4v) is 2.91. The number of pyridine rings is 1. The molecule has 0 unspecified atom stereocenters. The van der Waals surface area contributed by atoms with E-state index in [2.05, 4.69) is 56.1 Å². The summed E-state index contributed by atoms with van der Waals surface area (Å²) in [7, 11) is 0. The molecule has 0 saturated heterocycles. The Morgan fingerprint density at radius 1 is 1.10 bits per heavy atom. The molecule has 3 heteroatoms. The summed E-state index contributed by atoms with van der Waals surface area (Å²) in [6.45, 7) is 7.20. The van der Waals surface area contributed by atoms with Gasteiger partial charge in [-0.3, -0.25) is 4.98 Å². The van der Waals surface area contributed by atoms with Crippen LogP contribution in [0.3, 0.4) is 0 Å². The molecular formula is C17H22N2S. The van der Waals surface area contributed by atoms with Crippen LogP contribution >= 0.6 is 11.8 Å². The van der Waals surface area contributed by atoms with Gasteiger partial charge in [0.1, 0.15) is 0 Å². The van der Waals surface area contributed by atoms with Crippen molar-refractivity contribution in [2.75, 3.05) is 0 Å². The van der Waals surface area contributed by atoms with E-state index in [1.54, 1.807) is 6.20 Å². The first-order chi connectivity index (χ1) is 9.50. The molecule has 1 aromatic carbocycles. The molecule has 0 fully saturated rings. The highest BCUT2D eigenvalue weighted by Gasteiger charge is 2.12. The largest absolute Gasteiger partial charge is 0.325 e. The monoisotopic (exact) mass is 286 g/mol. The summed E-state index contributed by atoms with van der Waals surface area (Å²) in [5.74, 6) is 0.912. The van der Waals surface area contributed by atoms with E-state index in [4.69, 9.17) is 5.73 Å². The van der Waals surface area contributed by atoms with Gasteiger partial charge in [0.15, 0.2) is 0 Å². The van der Waals surface area contributed by atoms with E-state index >= 15 is 0 Å². The van der Waals surface area contributed by atoms with Crippen LogP contribution < -0.4 is 5.73 Å². The number of thioether (sulfide) groups is 1. The molecule has 1 aromatic heterocycles. The summed E-state index contributed by atoms with van der Waals surface area (Å²) in [5.41, 5.74) is 9.50. The van der Waals surface area contributed by atoms with Gasteiger partial charge in [0, 0.05) is 23.4 Å². The molecular weight excluding hydrogens is 264 g/mol. The number of aromatic nitrogens is 1. The second-order valence-electron chi connectivity index (χ2n) is 5.88. The van der Waals surface area contributed by atoms with Gasteiger partial charge in [-0.2, -0.15) is 0 Å². The average Bonchev–Trinajstić information content (AvgIpc) is 2.45. The van der Waals surface area contributed by atoms with Crippen molar-refractivity contribution in [3.63, 3.8) is 0 Å². The number of hydrogen-bond donors (Lipinski definition) is 1. The van der Waals surface area contributed by atoms with E-state index in [9.17, 15) is 0 Å². The van der Waals surface area contributed by atoms with Gasteiger partial charge >= 0.3 is 0 Å². The number of nitrogens with zero attached hydrogens (tertiary/aromatic N) is 1. The molecule has 20 heavy (non-hydrogen) atoms. The van der Waals surface area contributed by atoms with Gasteiger partial charge in [-0.15, -0.1) is 11.8 Å². The molecule has 0 aliphatic carbocycles. The normalized spacial score (nSPS) is 11.6. The van der Waals surface area contributed by atoms with Crippen LogP contribution in [0.2, 0.25) is 0 Å². The van der Waals surface area contributed by atoms with Crippen molar-refractivity contribution >= 4 is 11.8 Å². The Balaban J connectivity index is 2.04. The first-order valence-electron chi connectivity index (χ1n) is 6.87. The van der Waals surface area contributed by atoms with Crippen molar-refractivity contribution in [2.24, 2.45) is 5.73 Å². The summed E-state index contributed by atoms with van der Waals surface area (Å²) in [5, 5.41) is 0. The second kappa shape index (κ2) is 6.42. The smallest absolute Gasteiger partial charge is 0.0579 e. The number of hydrogen-bond acceptors (Lipinski definition) is 3. The molecule has 0 atom stereocenters. The van der Waals surface area contributed by atoms with Crippen LogP contribution in [0.15, 0.2) is 47.5 Å². The van der Waals surface area contributed by atoms with Gasteiger partial charge < -0.3 is 5.73 Å². The maximum absolute atomic E-state index is 5.72. The van der Waals surface area contributed by atoms with Crippen LogP contribution in [0.25, 0.3) is 0 Å². The van der Waals surface area contributed by atoms with Gasteiger partial charge in [-0.25, -0.2) is 0 Å². The van der Waals surface area contributed by atoms with Gasteiger partial charge in [0.05, 0.1) is 5.69 Å². The second-order valence-corrected chi connectivity index (χ2v) is 6.93. The SMILES string of the molecule is CC(C)(C)c1ccc(SCc2cccnc2CN)cc1. The van der Waals surface area contributed by atoms with Crippen LogP contribution in [-0.2, 0) is 17.7 Å². The minimum atomic E-state index is 0.208. The van der Waals surface area contributed by atoms with E-state index in [1.165, 1.54) is 16.0 Å². The van der Waals surface area contributed by atoms with E-state index in [0.29, 0.717) is 6.54 Å². The van der Waals surface area contributed by atoms with Crippen LogP contribution in [0, 0.1) is 0 Å². The topological polar surface area (TPSA) is 38.9 Å². The molecule has 0 radical (unpaired) electrons. The minimum absolute atomic E-state index is 0.208. The lowest BCUT2D eigenvalue weighted by Gasteiger charge is -2.19. The summed E-state index contributed by atoms with van der Waals surface area (Å²) in [4.78, 5) is 5.60. The van der Waals surface area contributed by atoms with Crippen molar-refractivity contribution in [1.29, 1.82) is 0 Å². The maximum atomic E-state index is 5.72. The average molecular weight is 286 g/mol. The van der Waals surface area contributed by atoms with E-state index in [-0.39, 0.29) is 5.41 Å². The van der Waals surface area contributed by atoms with Crippen molar-refractivity contribution in [1.82, 2.24) is 4.98 Å². The minimum Gasteiger partial charge on any atom is -0.325 e. The Morgan fingerprint density at radius 2 is 1.80 bits per heavy atom. The van der Waals surface area contributed by atoms with Crippen LogP contribution in [0.4, 0.5) is 0 Å². The highest BCUT2D eigenvalue weighted by Crippen LogP contribution is 2.27. The van der Waals surface area contributed by atoms with Crippen molar-refractivity contribution in [2.45, 2.75) is 43.4 Å². The Kier molecular flexibility index (Phi) is 4.84. The fraction of sp³-hybridized carbons (Fsp3) is 0.353. The lowest BCUT2D eigenvalue weighted by atomic mass is 9.87. The van der Waals surface area contributed by atoms with Gasteiger partial charge in [-0.05, 0) is 34.7 Å². The Labute approximate surface area is 125 Å². The molecule has 2 rings (SSSR count). The lowest BCUT2D eigenvalue weighted by molar-refractivity contribution is 0.590. The third-order valence-electron chi connectivity index (χ3n) is 3.29. The number of benzene rings is 1. The molecule has 0 spiro atoms. The molecule has 1 heterocycles. The predicted octanol–water partition coefficient (Wildman–Crippen LogP) is 4.13. The summed E-state index contributed by atoms with van der Waals surface area (Å²) in [6.07, 6.45) is 1.80.